The molecule has 1 aliphatic heterocycles. The van der Waals surface area contributed by atoms with Gasteiger partial charge in [-0.3, -0.25) is 10.1 Å². The van der Waals surface area contributed by atoms with Crippen LogP contribution in [0, 0.1) is 5.92 Å². The second kappa shape index (κ2) is 5.54. The lowest BCUT2D eigenvalue weighted by Crippen LogP contribution is -2.24. The highest BCUT2D eigenvalue weighted by molar-refractivity contribution is 5.92. The molecule has 0 aromatic carbocycles. The number of nitrogens with one attached hydrogen (secondary N) is 1. The first kappa shape index (κ1) is 12.4. The molecule has 18 heavy (non-hydrogen) atoms. The summed E-state index contributed by atoms with van der Waals surface area (Å²) in [6, 6.07) is 0. The van der Waals surface area contributed by atoms with Crippen LogP contribution in [0.25, 0.3) is 0 Å². The van der Waals surface area contributed by atoms with Gasteiger partial charge >= 0.3 is 5.97 Å². The minimum Gasteiger partial charge on any atom is -0.465 e. The lowest BCUT2D eigenvalue weighted by atomic mass is 10.1. The van der Waals surface area contributed by atoms with Crippen LogP contribution in [-0.4, -0.2) is 42.2 Å². The maximum Gasteiger partial charge on any atom is 0.341 e. The summed E-state index contributed by atoms with van der Waals surface area (Å²) in [5, 5.41) is 2.57. The molecular formula is C11H13N3O4. The predicted octanol–water partition coefficient (Wildman–Crippen LogP) is 0.238. The fraction of sp³-hybridized carbons (Fsp3) is 0.455. The van der Waals surface area contributed by atoms with Crippen LogP contribution in [0.1, 0.15) is 16.8 Å². The molecule has 1 amide bonds. The number of aromatic nitrogens is 2. The lowest BCUT2D eigenvalue weighted by Gasteiger charge is -2.07. The third kappa shape index (κ3) is 2.80. The van der Waals surface area contributed by atoms with Gasteiger partial charge in [-0.2, -0.15) is 0 Å². The molecule has 0 saturated carbocycles. The number of hydrogen-bond acceptors (Lipinski definition) is 6. The summed E-state index contributed by atoms with van der Waals surface area (Å²) in [5.74, 6) is -0.677. The Hall–Kier alpha value is -2.02. The van der Waals surface area contributed by atoms with Crippen LogP contribution in [0.4, 0.5) is 5.95 Å². The summed E-state index contributed by atoms with van der Waals surface area (Å²) < 4.78 is 9.63. The van der Waals surface area contributed by atoms with Crippen molar-refractivity contribution < 1.29 is 19.1 Å². The van der Waals surface area contributed by atoms with Gasteiger partial charge in [-0.1, -0.05) is 0 Å². The Morgan fingerprint density at radius 2 is 2.17 bits per heavy atom. The van der Waals surface area contributed by atoms with Crippen LogP contribution in [0.5, 0.6) is 0 Å². The van der Waals surface area contributed by atoms with Crippen molar-refractivity contribution in [1.82, 2.24) is 9.97 Å². The zero-order valence-electron chi connectivity index (χ0n) is 9.88. The molecule has 7 nitrogen and oxygen atoms in total. The van der Waals surface area contributed by atoms with Crippen molar-refractivity contribution in [1.29, 1.82) is 0 Å². The Balaban J connectivity index is 1.97. The van der Waals surface area contributed by atoms with Crippen molar-refractivity contribution in [3.63, 3.8) is 0 Å². The van der Waals surface area contributed by atoms with Gasteiger partial charge in [-0.25, -0.2) is 14.8 Å². The molecule has 1 aliphatic rings. The average Bonchev–Trinajstić information content (AvgIpc) is 2.92. The Labute approximate surface area is 104 Å². The van der Waals surface area contributed by atoms with Crippen LogP contribution < -0.4 is 5.32 Å². The fourth-order valence-corrected chi connectivity index (χ4v) is 1.57. The molecule has 1 N–H and O–H groups in total. The van der Waals surface area contributed by atoms with Crippen molar-refractivity contribution in [2.75, 3.05) is 25.6 Å². The van der Waals surface area contributed by atoms with Crippen molar-refractivity contribution >= 4 is 17.8 Å². The molecule has 0 radical (unpaired) electrons. The molecule has 1 saturated heterocycles. The molecule has 1 fully saturated rings. The van der Waals surface area contributed by atoms with E-state index in [2.05, 4.69) is 20.0 Å². The molecule has 2 rings (SSSR count). The number of methoxy groups -OCH3 is 1. The van der Waals surface area contributed by atoms with Gasteiger partial charge in [0.15, 0.2) is 0 Å². The van der Waals surface area contributed by atoms with E-state index in [1.54, 1.807) is 0 Å². The highest BCUT2D eigenvalue weighted by atomic mass is 16.5. The average molecular weight is 251 g/mol. The van der Waals surface area contributed by atoms with Crippen LogP contribution in [-0.2, 0) is 14.3 Å². The number of esters is 1. The van der Waals surface area contributed by atoms with Crippen molar-refractivity contribution in [3.8, 4) is 0 Å². The summed E-state index contributed by atoms with van der Waals surface area (Å²) in [6.07, 6.45) is 3.31. The lowest BCUT2D eigenvalue weighted by molar-refractivity contribution is -0.119. The minimum atomic E-state index is -0.517. The second-order valence-corrected chi connectivity index (χ2v) is 3.84. The number of carbonyl (C=O) groups excluding carboxylic acids is 2. The SMILES string of the molecule is COC(=O)c1cnc(NC(=O)C2CCOC2)nc1. The first-order valence-electron chi connectivity index (χ1n) is 5.49. The fourth-order valence-electron chi connectivity index (χ4n) is 1.57. The number of anilines is 1. The van der Waals surface area contributed by atoms with Gasteiger partial charge in [0.25, 0.3) is 0 Å². The number of ether oxygens (including phenoxy) is 2. The third-order valence-electron chi connectivity index (χ3n) is 2.61. The highest BCUT2D eigenvalue weighted by Gasteiger charge is 2.24. The van der Waals surface area contributed by atoms with Gasteiger partial charge in [0.05, 0.1) is 25.2 Å². The standard InChI is InChI=1S/C11H13N3O4/c1-17-10(16)8-4-12-11(13-5-8)14-9(15)7-2-3-18-6-7/h4-5,7H,2-3,6H2,1H3,(H,12,13,14,15). The molecule has 1 unspecified atom stereocenters. The smallest absolute Gasteiger partial charge is 0.341 e. The summed E-state index contributed by atoms with van der Waals surface area (Å²) >= 11 is 0. The van der Waals surface area contributed by atoms with Gasteiger partial charge < -0.3 is 9.47 Å². The van der Waals surface area contributed by atoms with Crippen LogP contribution >= 0.6 is 0 Å². The summed E-state index contributed by atoms with van der Waals surface area (Å²) in [4.78, 5) is 30.6. The second-order valence-electron chi connectivity index (χ2n) is 3.84. The molecule has 1 aromatic heterocycles. The molecule has 96 valence electrons. The molecule has 7 heteroatoms. The Kier molecular flexibility index (Phi) is 3.83. The van der Waals surface area contributed by atoms with Gasteiger partial charge in [-0.15, -0.1) is 0 Å². The largest absolute Gasteiger partial charge is 0.465 e. The van der Waals surface area contributed by atoms with Crippen LogP contribution in [0.3, 0.4) is 0 Å². The van der Waals surface area contributed by atoms with Crippen molar-refractivity contribution in [3.05, 3.63) is 18.0 Å². The van der Waals surface area contributed by atoms with E-state index >= 15 is 0 Å². The molecule has 0 bridgehead atoms. The Bertz CT molecular complexity index is 440. The molecule has 0 aliphatic carbocycles. The van der Waals surface area contributed by atoms with E-state index in [0.717, 1.165) is 0 Å². The first-order valence-corrected chi connectivity index (χ1v) is 5.49. The van der Waals surface area contributed by atoms with Crippen LogP contribution in [0.15, 0.2) is 12.4 Å². The van der Waals surface area contributed by atoms with Gasteiger partial charge in [0, 0.05) is 19.0 Å². The van der Waals surface area contributed by atoms with Gasteiger partial charge in [0.2, 0.25) is 11.9 Å². The topological polar surface area (TPSA) is 90.4 Å². The van der Waals surface area contributed by atoms with Gasteiger partial charge in [0.1, 0.15) is 0 Å². The van der Waals surface area contributed by atoms with Crippen LogP contribution in [0.2, 0.25) is 0 Å². The zero-order chi connectivity index (χ0) is 13.0. The number of carbonyl (C=O) groups is 2. The summed E-state index contributed by atoms with van der Waals surface area (Å²) in [6.45, 7) is 1.02. The van der Waals surface area contributed by atoms with Crippen molar-refractivity contribution in [2.24, 2.45) is 5.92 Å². The van der Waals surface area contributed by atoms with E-state index in [9.17, 15) is 9.59 Å². The van der Waals surface area contributed by atoms with E-state index in [1.807, 2.05) is 0 Å². The third-order valence-corrected chi connectivity index (χ3v) is 2.61. The monoisotopic (exact) mass is 251 g/mol. The number of amides is 1. The van der Waals surface area contributed by atoms with E-state index in [-0.39, 0.29) is 23.3 Å². The number of hydrogen-bond donors (Lipinski definition) is 1. The van der Waals surface area contributed by atoms with E-state index in [0.29, 0.717) is 19.6 Å². The number of nitrogens with zero attached hydrogens (tertiary/aromatic N) is 2. The molecule has 1 atom stereocenters. The van der Waals surface area contributed by atoms with E-state index < -0.39 is 5.97 Å². The Morgan fingerprint density at radius 3 is 2.72 bits per heavy atom. The molecule has 2 heterocycles. The maximum atomic E-state index is 11.7. The maximum absolute atomic E-state index is 11.7. The summed E-state index contributed by atoms with van der Waals surface area (Å²) in [7, 11) is 1.28. The van der Waals surface area contributed by atoms with E-state index in [1.165, 1.54) is 19.5 Å². The highest BCUT2D eigenvalue weighted by Crippen LogP contribution is 2.14. The predicted molar refractivity (Wildman–Crippen MR) is 60.9 cm³/mol. The minimum absolute atomic E-state index is 0.158. The first-order chi connectivity index (χ1) is 8.70. The molecular weight excluding hydrogens is 238 g/mol. The normalized spacial score (nSPS) is 18.4. The zero-order valence-corrected chi connectivity index (χ0v) is 9.88. The number of rotatable bonds is 3. The van der Waals surface area contributed by atoms with Gasteiger partial charge in [-0.05, 0) is 6.42 Å². The summed E-state index contributed by atoms with van der Waals surface area (Å²) in [5.41, 5.74) is 0.236. The van der Waals surface area contributed by atoms with Crippen molar-refractivity contribution in [2.45, 2.75) is 6.42 Å². The Morgan fingerprint density at radius 1 is 1.44 bits per heavy atom. The molecule has 1 aromatic rings. The molecule has 0 spiro atoms. The van der Waals surface area contributed by atoms with E-state index in [4.69, 9.17) is 4.74 Å². The quantitative estimate of drug-likeness (QED) is 0.774.